The van der Waals surface area contributed by atoms with Gasteiger partial charge in [0.25, 0.3) is 0 Å². The number of nitrogens with one attached hydrogen (secondary N) is 2. The van der Waals surface area contributed by atoms with E-state index in [1.54, 1.807) is 11.8 Å². The smallest absolute Gasteiger partial charge is 0.234 e. The maximum absolute atomic E-state index is 11.4. The number of fused-ring (bicyclic) bond motifs is 1. The van der Waals surface area contributed by atoms with Crippen LogP contribution in [0.25, 0.3) is 0 Å². The number of anilines is 1. The number of benzene rings is 1. The predicted octanol–water partition coefficient (Wildman–Crippen LogP) is 2.52. The molecule has 4 heteroatoms. The van der Waals surface area contributed by atoms with E-state index in [-0.39, 0.29) is 5.91 Å². The molecule has 1 heterocycles. The van der Waals surface area contributed by atoms with Crippen LogP contribution in [0.1, 0.15) is 19.4 Å². The first-order valence-electron chi connectivity index (χ1n) is 6.33. The Morgan fingerprint density at radius 1 is 1.44 bits per heavy atom. The molecule has 0 radical (unpaired) electrons. The Bertz CT molecular complexity index is 445. The van der Waals surface area contributed by atoms with Gasteiger partial charge in [-0.1, -0.05) is 19.9 Å². The highest BCUT2D eigenvalue weighted by Gasteiger charge is 2.17. The predicted molar refractivity (Wildman–Crippen MR) is 77.2 cm³/mol. The van der Waals surface area contributed by atoms with E-state index in [1.807, 2.05) is 7.05 Å². The van der Waals surface area contributed by atoms with Crippen molar-refractivity contribution in [2.45, 2.75) is 31.2 Å². The molecule has 2 N–H and O–H groups in total. The summed E-state index contributed by atoms with van der Waals surface area (Å²) in [5, 5.41) is 6.29. The number of rotatable bonds is 4. The van der Waals surface area contributed by atoms with Crippen molar-refractivity contribution in [1.29, 1.82) is 0 Å². The lowest BCUT2D eigenvalue weighted by Crippen LogP contribution is -2.32. The topological polar surface area (TPSA) is 41.1 Å². The van der Waals surface area contributed by atoms with Crippen molar-refractivity contribution in [3.63, 3.8) is 0 Å². The normalized spacial score (nSPS) is 16.3. The Balaban J connectivity index is 2.15. The summed E-state index contributed by atoms with van der Waals surface area (Å²) in [6, 6.07) is 6.85. The highest BCUT2D eigenvalue weighted by Crippen LogP contribution is 2.32. The van der Waals surface area contributed by atoms with Crippen LogP contribution < -0.4 is 10.6 Å². The number of carbonyl (C=O) groups excluding carboxylic acids is 1. The molecule has 1 unspecified atom stereocenters. The van der Waals surface area contributed by atoms with Crippen molar-refractivity contribution in [2.24, 2.45) is 5.92 Å². The minimum Gasteiger partial charge on any atom is -0.324 e. The highest BCUT2D eigenvalue weighted by molar-refractivity contribution is 8.00. The van der Waals surface area contributed by atoms with Crippen molar-refractivity contribution >= 4 is 23.4 Å². The van der Waals surface area contributed by atoms with Gasteiger partial charge >= 0.3 is 0 Å². The van der Waals surface area contributed by atoms with E-state index in [2.05, 4.69) is 42.7 Å². The molecule has 1 atom stereocenters. The molecule has 1 aromatic rings. The molecule has 0 aliphatic carbocycles. The number of amides is 1. The summed E-state index contributed by atoms with van der Waals surface area (Å²) in [6.45, 7) is 4.44. The van der Waals surface area contributed by atoms with E-state index in [0.717, 1.165) is 12.1 Å². The monoisotopic (exact) mass is 264 g/mol. The van der Waals surface area contributed by atoms with E-state index >= 15 is 0 Å². The third-order valence-corrected chi connectivity index (χ3v) is 4.38. The third-order valence-electron chi connectivity index (χ3n) is 3.31. The summed E-state index contributed by atoms with van der Waals surface area (Å²) >= 11 is 1.61. The molecular formula is C14H20N2OS. The summed E-state index contributed by atoms with van der Waals surface area (Å²) in [5.74, 6) is 1.21. The Labute approximate surface area is 113 Å². The molecule has 0 fully saturated rings. The minimum absolute atomic E-state index is 0.0960. The molecule has 1 aliphatic heterocycles. The maximum Gasteiger partial charge on any atom is 0.234 e. The quantitative estimate of drug-likeness (QED) is 0.878. The SMILES string of the molecule is CNC(Cc1ccc2c(c1)NC(=O)CS2)C(C)C. The van der Waals surface area contributed by atoms with Crippen LogP contribution in [0.3, 0.4) is 0 Å². The Morgan fingerprint density at radius 3 is 2.89 bits per heavy atom. The summed E-state index contributed by atoms with van der Waals surface area (Å²) < 4.78 is 0. The van der Waals surface area contributed by atoms with E-state index in [4.69, 9.17) is 0 Å². The van der Waals surface area contributed by atoms with Crippen LogP contribution in [-0.2, 0) is 11.2 Å². The van der Waals surface area contributed by atoms with E-state index in [1.165, 1.54) is 10.5 Å². The number of hydrogen-bond acceptors (Lipinski definition) is 3. The molecule has 0 saturated heterocycles. The number of thioether (sulfide) groups is 1. The molecule has 98 valence electrons. The molecule has 18 heavy (non-hydrogen) atoms. The molecule has 0 spiro atoms. The fraction of sp³-hybridized carbons (Fsp3) is 0.500. The van der Waals surface area contributed by atoms with Crippen LogP contribution in [0.4, 0.5) is 5.69 Å². The van der Waals surface area contributed by atoms with Gasteiger partial charge in [0.2, 0.25) is 5.91 Å². The molecule has 2 rings (SSSR count). The lowest BCUT2D eigenvalue weighted by molar-refractivity contribution is -0.113. The van der Waals surface area contributed by atoms with Crippen molar-refractivity contribution < 1.29 is 4.79 Å². The summed E-state index contributed by atoms with van der Waals surface area (Å²) in [7, 11) is 2.00. The summed E-state index contributed by atoms with van der Waals surface area (Å²) in [6.07, 6.45) is 0.988. The molecule has 3 nitrogen and oxygen atoms in total. The molecule has 0 aromatic heterocycles. The lowest BCUT2D eigenvalue weighted by Gasteiger charge is -2.22. The zero-order valence-electron chi connectivity index (χ0n) is 11.1. The van der Waals surface area contributed by atoms with Crippen molar-refractivity contribution in [3.05, 3.63) is 23.8 Å². The maximum atomic E-state index is 11.4. The van der Waals surface area contributed by atoms with Gasteiger partial charge in [0.05, 0.1) is 11.4 Å². The Morgan fingerprint density at radius 2 is 2.22 bits per heavy atom. The highest BCUT2D eigenvalue weighted by atomic mass is 32.2. The fourth-order valence-corrected chi connectivity index (χ4v) is 2.97. The van der Waals surface area contributed by atoms with E-state index < -0.39 is 0 Å². The second-order valence-electron chi connectivity index (χ2n) is 5.01. The average Bonchev–Trinajstić information content (AvgIpc) is 2.35. The van der Waals surface area contributed by atoms with Gasteiger partial charge in [-0.2, -0.15) is 0 Å². The standard InChI is InChI=1S/C14H20N2OS/c1-9(2)11(15-3)6-10-4-5-13-12(7-10)16-14(17)8-18-13/h4-5,7,9,11,15H,6,8H2,1-3H3,(H,16,17). The third kappa shape index (κ3) is 3.06. The molecule has 1 amide bonds. The fourth-order valence-electron chi connectivity index (χ4n) is 2.18. The average molecular weight is 264 g/mol. The van der Waals surface area contributed by atoms with Gasteiger partial charge in [-0.25, -0.2) is 0 Å². The second kappa shape index (κ2) is 5.76. The Kier molecular flexibility index (Phi) is 4.30. The van der Waals surface area contributed by atoms with Crippen molar-refractivity contribution in [3.8, 4) is 0 Å². The summed E-state index contributed by atoms with van der Waals surface area (Å²) in [5.41, 5.74) is 2.23. The van der Waals surface area contributed by atoms with E-state index in [0.29, 0.717) is 17.7 Å². The van der Waals surface area contributed by atoms with Crippen LogP contribution in [-0.4, -0.2) is 24.7 Å². The van der Waals surface area contributed by atoms with Crippen LogP contribution in [0.5, 0.6) is 0 Å². The first-order valence-corrected chi connectivity index (χ1v) is 7.31. The lowest BCUT2D eigenvalue weighted by atomic mass is 9.96. The Hall–Kier alpha value is -1.000. The first kappa shape index (κ1) is 13.4. The van der Waals surface area contributed by atoms with Crippen LogP contribution in [0.15, 0.2) is 23.1 Å². The van der Waals surface area contributed by atoms with E-state index in [9.17, 15) is 4.79 Å². The number of likely N-dealkylation sites (N-methyl/N-ethyl adjacent to an activating group) is 1. The van der Waals surface area contributed by atoms with Crippen molar-refractivity contribution in [1.82, 2.24) is 5.32 Å². The zero-order chi connectivity index (χ0) is 13.1. The summed E-state index contributed by atoms with van der Waals surface area (Å²) in [4.78, 5) is 12.5. The van der Waals surface area contributed by atoms with Gasteiger partial charge in [0, 0.05) is 10.9 Å². The van der Waals surface area contributed by atoms with Gasteiger partial charge in [0.1, 0.15) is 0 Å². The minimum atomic E-state index is 0.0960. The molecule has 0 saturated carbocycles. The van der Waals surface area contributed by atoms with Gasteiger partial charge in [-0.15, -0.1) is 11.8 Å². The van der Waals surface area contributed by atoms with Gasteiger partial charge in [0.15, 0.2) is 0 Å². The van der Waals surface area contributed by atoms with Crippen LogP contribution in [0.2, 0.25) is 0 Å². The van der Waals surface area contributed by atoms with Gasteiger partial charge in [-0.05, 0) is 37.1 Å². The molecular weight excluding hydrogens is 244 g/mol. The number of hydrogen-bond donors (Lipinski definition) is 2. The molecule has 0 bridgehead atoms. The zero-order valence-corrected chi connectivity index (χ0v) is 11.9. The molecule has 1 aliphatic rings. The van der Waals surface area contributed by atoms with Crippen LogP contribution >= 0.6 is 11.8 Å². The van der Waals surface area contributed by atoms with Crippen molar-refractivity contribution in [2.75, 3.05) is 18.1 Å². The second-order valence-corrected chi connectivity index (χ2v) is 6.03. The first-order chi connectivity index (χ1) is 8.60. The van der Waals surface area contributed by atoms with Crippen LogP contribution in [0, 0.1) is 5.92 Å². The van der Waals surface area contributed by atoms with Gasteiger partial charge in [-0.3, -0.25) is 4.79 Å². The van der Waals surface area contributed by atoms with Gasteiger partial charge < -0.3 is 10.6 Å². The number of carbonyl (C=O) groups is 1. The largest absolute Gasteiger partial charge is 0.324 e. The molecule has 1 aromatic carbocycles.